The average molecular weight is 309 g/mol. The molecule has 0 aliphatic heterocycles. The van der Waals surface area contributed by atoms with Gasteiger partial charge in [0, 0.05) is 0 Å². The molecule has 0 fully saturated rings. The van der Waals surface area contributed by atoms with Crippen LogP contribution >= 0.6 is 0 Å². The molecule has 0 aliphatic rings. The van der Waals surface area contributed by atoms with Crippen molar-refractivity contribution in [3.8, 4) is 0 Å². The normalized spacial score (nSPS) is 14.7. The van der Waals surface area contributed by atoms with E-state index in [1.54, 1.807) is 0 Å². The van der Waals surface area contributed by atoms with Gasteiger partial charge in [-0.2, -0.15) is 0 Å². The lowest BCUT2D eigenvalue weighted by atomic mass is 9.72. The Morgan fingerprint density at radius 3 is 1.86 bits per heavy atom. The van der Waals surface area contributed by atoms with Gasteiger partial charge < -0.3 is 0 Å². The number of unbranched alkanes of at least 4 members (excludes halogenated alkanes) is 4. The summed E-state index contributed by atoms with van der Waals surface area (Å²) in [5.41, 5.74) is 0.903. The molecule has 0 heterocycles. The maximum absolute atomic E-state index is 2.48. The summed E-state index contributed by atoms with van der Waals surface area (Å²) < 4.78 is 0. The molecule has 1 unspecified atom stereocenters. The highest BCUT2D eigenvalue weighted by Gasteiger charge is 2.26. The van der Waals surface area contributed by atoms with Crippen molar-refractivity contribution in [1.29, 1.82) is 0 Å². The van der Waals surface area contributed by atoms with Gasteiger partial charge in [-0.25, -0.2) is 0 Å². The second-order valence-corrected chi connectivity index (χ2v) is 8.56. The minimum absolute atomic E-state index is 0.382. The fourth-order valence-corrected chi connectivity index (χ4v) is 3.03. The number of hydrogen-bond acceptors (Lipinski definition) is 0. The van der Waals surface area contributed by atoms with Crippen LogP contribution in [0, 0.1) is 16.7 Å². The molecule has 0 heteroatoms. The Kier molecular flexibility index (Phi) is 11.2. The smallest absolute Gasteiger partial charge is 0.0177 e. The molecule has 22 heavy (non-hydrogen) atoms. The van der Waals surface area contributed by atoms with Crippen LogP contribution in [-0.4, -0.2) is 0 Å². The van der Waals surface area contributed by atoms with Crippen molar-refractivity contribution in [3.05, 3.63) is 12.2 Å². The van der Waals surface area contributed by atoms with Gasteiger partial charge in [0.15, 0.2) is 0 Å². The van der Waals surface area contributed by atoms with Crippen LogP contribution in [-0.2, 0) is 0 Å². The van der Waals surface area contributed by atoms with Crippen molar-refractivity contribution in [2.75, 3.05) is 0 Å². The molecule has 0 saturated heterocycles. The average Bonchev–Trinajstić information content (AvgIpc) is 2.48. The van der Waals surface area contributed by atoms with E-state index in [1.807, 2.05) is 0 Å². The van der Waals surface area contributed by atoms with Crippen LogP contribution in [0.25, 0.3) is 0 Å². The van der Waals surface area contributed by atoms with E-state index in [2.05, 4.69) is 60.6 Å². The molecule has 0 nitrogen and oxygen atoms in total. The molecule has 0 rings (SSSR count). The molecule has 0 aromatic rings. The van der Waals surface area contributed by atoms with Gasteiger partial charge in [0.05, 0.1) is 0 Å². The van der Waals surface area contributed by atoms with Crippen LogP contribution in [0.2, 0.25) is 0 Å². The molecule has 0 N–H and O–H groups in total. The minimum atomic E-state index is 0.382. The van der Waals surface area contributed by atoms with E-state index in [0.29, 0.717) is 10.8 Å². The Balaban J connectivity index is 4.13. The van der Waals surface area contributed by atoms with Gasteiger partial charge in [-0.15, -0.1) is 0 Å². The van der Waals surface area contributed by atoms with Crippen LogP contribution < -0.4 is 0 Å². The Bertz CT molecular complexity index is 282. The van der Waals surface area contributed by atoms with E-state index in [4.69, 9.17) is 0 Å². The lowest BCUT2D eigenvalue weighted by Gasteiger charge is -2.34. The first kappa shape index (κ1) is 21.7. The molecule has 0 amide bonds. The zero-order chi connectivity index (χ0) is 17.1. The highest BCUT2D eigenvalue weighted by atomic mass is 14.3. The first-order valence-electron chi connectivity index (χ1n) is 9.96. The van der Waals surface area contributed by atoms with Crippen molar-refractivity contribution in [2.24, 2.45) is 16.7 Å². The second kappa shape index (κ2) is 11.3. The topological polar surface area (TPSA) is 0 Å². The van der Waals surface area contributed by atoms with Gasteiger partial charge in [0.1, 0.15) is 0 Å². The maximum Gasteiger partial charge on any atom is -0.0177 e. The molecule has 0 aromatic carbocycles. The lowest BCUT2D eigenvalue weighted by molar-refractivity contribution is 0.171. The lowest BCUT2D eigenvalue weighted by Crippen LogP contribution is -2.23. The zero-order valence-electron chi connectivity index (χ0n) is 16.8. The molecule has 0 saturated carbocycles. The zero-order valence-corrected chi connectivity index (χ0v) is 16.8. The number of rotatable bonds is 13. The molecule has 132 valence electrons. The van der Waals surface area contributed by atoms with Crippen LogP contribution in [0.1, 0.15) is 113 Å². The van der Waals surface area contributed by atoms with E-state index in [-0.39, 0.29) is 0 Å². The van der Waals surface area contributed by atoms with Crippen LogP contribution in [0.4, 0.5) is 0 Å². The molecular weight excluding hydrogens is 264 g/mol. The number of allylic oxidation sites excluding steroid dienone is 2. The second-order valence-electron chi connectivity index (χ2n) is 8.56. The van der Waals surface area contributed by atoms with Crippen molar-refractivity contribution >= 4 is 0 Å². The summed E-state index contributed by atoms with van der Waals surface area (Å²) in [5, 5.41) is 0. The van der Waals surface area contributed by atoms with E-state index in [0.717, 1.165) is 5.92 Å². The van der Waals surface area contributed by atoms with Crippen molar-refractivity contribution in [3.63, 3.8) is 0 Å². The van der Waals surface area contributed by atoms with Gasteiger partial charge in [-0.1, -0.05) is 92.7 Å². The van der Waals surface area contributed by atoms with Crippen molar-refractivity contribution in [1.82, 2.24) is 0 Å². The Morgan fingerprint density at radius 1 is 0.773 bits per heavy atom. The predicted molar refractivity (Wildman–Crippen MR) is 103 cm³/mol. The van der Waals surface area contributed by atoms with E-state index < -0.39 is 0 Å². The molecule has 0 spiro atoms. The molecule has 0 aliphatic carbocycles. The summed E-state index contributed by atoms with van der Waals surface area (Å²) in [6.45, 7) is 16.6. The first-order chi connectivity index (χ1) is 10.3. The highest BCUT2D eigenvalue weighted by molar-refractivity contribution is 4.93. The minimum Gasteiger partial charge on any atom is -0.0880 e. The fraction of sp³-hybridized carbons (Fsp3) is 0.909. The Morgan fingerprint density at radius 2 is 1.36 bits per heavy atom. The summed E-state index contributed by atoms with van der Waals surface area (Å²) in [5.74, 6) is 0.917. The third-order valence-electron chi connectivity index (χ3n) is 5.83. The molecular formula is C22H44. The number of hydrogen-bond donors (Lipinski definition) is 0. The fourth-order valence-electron chi connectivity index (χ4n) is 3.03. The SMILES string of the molecule is CCCCCC(CCCCC=CC(C)(C)CC)C(C)(C)CC. The maximum atomic E-state index is 2.48. The molecule has 0 aromatic heterocycles. The van der Waals surface area contributed by atoms with Crippen molar-refractivity contribution < 1.29 is 0 Å². The summed E-state index contributed by atoms with van der Waals surface area (Å²) in [4.78, 5) is 0. The largest absolute Gasteiger partial charge is 0.0880 e. The third kappa shape index (κ3) is 9.70. The first-order valence-corrected chi connectivity index (χ1v) is 9.96. The molecule has 1 atom stereocenters. The van der Waals surface area contributed by atoms with E-state index >= 15 is 0 Å². The Hall–Kier alpha value is -0.260. The van der Waals surface area contributed by atoms with E-state index in [9.17, 15) is 0 Å². The van der Waals surface area contributed by atoms with Gasteiger partial charge in [-0.05, 0) is 48.9 Å². The quantitative estimate of drug-likeness (QED) is 0.238. The predicted octanol–water partition coefficient (Wildman–Crippen LogP) is 8.17. The Labute approximate surface area is 142 Å². The van der Waals surface area contributed by atoms with Gasteiger partial charge >= 0.3 is 0 Å². The van der Waals surface area contributed by atoms with Gasteiger partial charge in [0.2, 0.25) is 0 Å². The highest BCUT2D eigenvalue weighted by Crippen LogP contribution is 2.37. The molecule has 0 bridgehead atoms. The van der Waals surface area contributed by atoms with Crippen LogP contribution in [0.15, 0.2) is 12.2 Å². The van der Waals surface area contributed by atoms with Gasteiger partial charge in [0.25, 0.3) is 0 Å². The summed E-state index contributed by atoms with van der Waals surface area (Å²) in [7, 11) is 0. The summed E-state index contributed by atoms with van der Waals surface area (Å²) in [6, 6.07) is 0. The van der Waals surface area contributed by atoms with E-state index in [1.165, 1.54) is 64.2 Å². The van der Waals surface area contributed by atoms with Crippen LogP contribution in [0.3, 0.4) is 0 Å². The standard InChI is InChI=1S/C22H44/c1-8-11-14-17-20(22(6,7)10-3)18-15-12-13-16-19-21(4,5)9-2/h16,19-20H,8-15,17-18H2,1-7H3. The summed E-state index contributed by atoms with van der Waals surface area (Å²) in [6.07, 6.45) is 18.4. The van der Waals surface area contributed by atoms with Crippen molar-refractivity contribution in [2.45, 2.75) is 113 Å². The third-order valence-corrected chi connectivity index (χ3v) is 5.83. The monoisotopic (exact) mass is 308 g/mol. The summed E-state index contributed by atoms with van der Waals surface area (Å²) >= 11 is 0. The molecule has 0 radical (unpaired) electrons. The van der Waals surface area contributed by atoms with Crippen LogP contribution in [0.5, 0.6) is 0 Å². The van der Waals surface area contributed by atoms with Gasteiger partial charge in [-0.3, -0.25) is 0 Å².